The van der Waals surface area contributed by atoms with E-state index in [2.05, 4.69) is 16.4 Å². The van der Waals surface area contributed by atoms with Crippen molar-refractivity contribution < 1.29 is 38.6 Å². The van der Waals surface area contributed by atoms with Gasteiger partial charge in [0, 0.05) is 24.6 Å². The molecule has 0 spiro atoms. The maximum Gasteiger partial charge on any atom is 0.469 e. The van der Waals surface area contributed by atoms with Gasteiger partial charge in [-0.3, -0.25) is 23.7 Å². The number of phosphoric ester groups is 1. The fraction of sp³-hybridized carbons (Fsp3) is 0.722. The number of aliphatic carboxylic acids is 1. The Morgan fingerprint density at radius 1 is 1.29 bits per heavy atom. The van der Waals surface area contributed by atoms with Gasteiger partial charge in [0.2, 0.25) is 0 Å². The van der Waals surface area contributed by atoms with Gasteiger partial charge in [0.1, 0.15) is 12.3 Å². The van der Waals surface area contributed by atoms with Crippen LogP contribution in [0.25, 0.3) is 0 Å². The van der Waals surface area contributed by atoms with Gasteiger partial charge < -0.3 is 24.7 Å². The van der Waals surface area contributed by atoms with E-state index in [1.165, 1.54) is 32.4 Å². The van der Waals surface area contributed by atoms with E-state index in [0.29, 0.717) is 12.0 Å². The zero-order valence-corrected chi connectivity index (χ0v) is 18.5. The van der Waals surface area contributed by atoms with E-state index >= 15 is 0 Å². The number of aromatic nitrogens is 2. The fourth-order valence-corrected chi connectivity index (χ4v) is 3.23. The summed E-state index contributed by atoms with van der Waals surface area (Å²) in [5, 5.41) is 18.1. The third kappa shape index (κ3) is 10.4. The van der Waals surface area contributed by atoms with Gasteiger partial charge in [-0.1, -0.05) is 32.6 Å². The first-order valence-electron chi connectivity index (χ1n) is 10.0. The lowest BCUT2D eigenvalue weighted by Gasteiger charge is -2.16. The molecule has 1 aromatic rings. The number of hydrogen-bond acceptors (Lipinski definition) is 7. The van der Waals surface area contributed by atoms with Crippen LogP contribution in [-0.4, -0.2) is 54.3 Å². The monoisotopic (exact) mass is 466 g/mol. The lowest BCUT2D eigenvalue weighted by molar-refractivity contribution is -0.137. The van der Waals surface area contributed by atoms with E-state index in [1.807, 2.05) is 0 Å². The van der Waals surface area contributed by atoms with Crippen LogP contribution in [0.15, 0.2) is 15.8 Å². The molecule has 1 aromatic heterocycles. The van der Waals surface area contributed by atoms with Crippen molar-refractivity contribution >= 4 is 13.8 Å². The van der Waals surface area contributed by atoms with Crippen LogP contribution >= 0.6 is 7.82 Å². The van der Waals surface area contributed by atoms with Gasteiger partial charge in [0.25, 0.3) is 5.56 Å². The third-order valence-electron chi connectivity index (χ3n) is 4.56. The number of carboxylic acid groups (broad SMARTS) is 1. The molecule has 12 nitrogen and oxygen atoms in total. The molecule has 1 fully saturated rings. The van der Waals surface area contributed by atoms with Gasteiger partial charge in [-0.15, -0.1) is 0 Å². The Balaban J connectivity index is 0.000000407. The molecule has 5 N–H and O–H groups in total. The standard InChI is InChI=1S/C10H15N2O8P.C8H16O2/c1-5-3-12(10(15)11-9(5)14)8-2-6(13)7(20-8)4-19-21(16,17)18;1-2-3-4-5-6-7-8(9)10/h3,6-8,13H,2,4H2,1H3,(H,11,14,15)(H2,16,17,18);2-7H2,1H3,(H,9,10)/t6-,7+,8+;/m0./s1. The van der Waals surface area contributed by atoms with E-state index in [1.54, 1.807) is 0 Å². The highest BCUT2D eigenvalue weighted by atomic mass is 31.2. The third-order valence-corrected chi connectivity index (χ3v) is 5.05. The summed E-state index contributed by atoms with van der Waals surface area (Å²) in [7, 11) is -4.67. The second-order valence-electron chi connectivity index (χ2n) is 7.26. The molecule has 0 aliphatic carbocycles. The molecule has 178 valence electrons. The summed E-state index contributed by atoms with van der Waals surface area (Å²) in [5.41, 5.74) is -0.918. The summed E-state index contributed by atoms with van der Waals surface area (Å²) in [6, 6.07) is 0. The highest BCUT2D eigenvalue weighted by Gasteiger charge is 2.37. The predicted octanol–water partition coefficient (Wildman–Crippen LogP) is 1.03. The molecule has 0 aromatic carbocycles. The number of H-pyrrole nitrogens is 1. The van der Waals surface area contributed by atoms with Gasteiger partial charge in [-0.2, -0.15) is 0 Å². The van der Waals surface area contributed by atoms with Crippen LogP contribution in [0.5, 0.6) is 0 Å². The summed E-state index contributed by atoms with van der Waals surface area (Å²) >= 11 is 0. The number of hydrogen-bond donors (Lipinski definition) is 5. The molecular formula is C18H31N2O10P. The fourth-order valence-electron chi connectivity index (χ4n) is 2.89. The van der Waals surface area contributed by atoms with Crippen molar-refractivity contribution in [1.82, 2.24) is 9.55 Å². The summed E-state index contributed by atoms with van der Waals surface area (Å²) in [5.74, 6) is -0.670. The topological polar surface area (TPSA) is 188 Å². The van der Waals surface area contributed by atoms with Gasteiger partial charge in [-0.05, 0) is 13.3 Å². The maximum atomic E-state index is 11.7. The van der Waals surface area contributed by atoms with Crippen molar-refractivity contribution in [2.75, 3.05) is 6.61 Å². The minimum Gasteiger partial charge on any atom is -0.481 e. The molecule has 0 radical (unpaired) electrons. The average molecular weight is 466 g/mol. The predicted molar refractivity (Wildman–Crippen MR) is 110 cm³/mol. The van der Waals surface area contributed by atoms with Crippen molar-refractivity contribution in [3.63, 3.8) is 0 Å². The first kappa shape index (κ1) is 27.2. The van der Waals surface area contributed by atoms with Crippen LogP contribution in [0.4, 0.5) is 0 Å². The molecule has 1 aliphatic heterocycles. The summed E-state index contributed by atoms with van der Waals surface area (Å²) in [6.45, 7) is 3.14. The Morgan fingerprint density at radius 3 is 2.52 bits per heavy atom. The molecule has 31 heavy (non-hydrogen) atoms. The van der Waals surface area contributed by atoms with Crippen molar-refractivity contribution in [1.29, 1.82) is 0 Å². The van der Waals surface area contributed by atoms with E-state index in [0.717, 1.165) is 17.4 Å². The zero-order chi connectivity index (χ0) is 23.6. The quantitative estimate of drug-likeness (QED) is 0.246. The number of aryl methyl sites for hydroxylation is 1. The summed E-state index contributed by atoms with van der Waals surface area (Å²) in [4.78, 5) is 52.3. The Kier molecular flexibility index (Phi) is 11.3. The highest BCUT2D eigenvalue weighted by Crippen LogP contribution is 2.38. The lowest BCUT2D eigenvalue weighted by Crippen LogP contribution is -2.33. The van der Waals surface area contributed by atoms with Crippen LogP contribution < -0.4 is 11.2 Å². The number of rotatable bonds is 10. The van der Waals surface area contributed by atoms with Crippen LogP contribution in [0.3, 0.4) is 0 Å². The first-order chi connectivity index (χ1) is 14.4. The van der Waals surface area contributed by atoms with E-state index < -0.39 is 50.1 Å². The molecule has 0 bridgehead atoms. The molecule has 2 heterocycles. The van der Waals surface area contributed by atoms with Crippen molar-refractivity contribution in [2.45, 2.75) is 77.2 Å². The van der Waals surface area contributed by atoms with E-state index in [4.69, 9.17) is 19.6 Å². The molecule has 0 saturated carbocycles. The molecule has 2 rings (SSSR count). The van der Waals surface area contributed by atoms with E-state index in [9.17, 15) is 24.1 Å². The van der Waals surface area contributed by atoms with Crippen LogP contribution in [0.1, 0.15) is 63.7 Å². The van der Waals surface area contributed by atoms with Crippen molar-refractivity contribution in [3.8, 4) is 0 Å². The number of aromatic amines is 1. The number of aliphatic hydroxyl groups is 1. The van der Waals surface area contributed by atoms with Gasteiger partial charge >= 0.3 is 19.5 Å². The number of ether oxygens (including phenoxy) is 1. The Morgan fingerprint density at radius 2 is 1.94 bits per heavy atom. The largest absolute Gasteiger partial charge is 0.481 e. The molecule has 0 unspecified atom stereocenters. The van der Waals surface area contributed by atoms with Gasteiger partial charge in [0.15, 0.2) is 0 Å². The highest BCUT2D eigenvalue weighted by molar-refractivity contribution is 7.46. The normalized spacial score (nSPS) is 20.9. The minimum atomic E-state index is -4.67. The maximum absolute atomic E-state index is 11.7. The first-order valence-corrected chi connectivity index (χ1v) is 11.5. The number of nitrogens with zero attached hydrogens (tertiary/aromatic N) is 1. The van der Waals surface area contributed by atoms with Gasteiger partial charge in [0.05, 0.1) is 12.7 Å². The summed E-state index contributed by atoms with van der Waals surface area (Å²) < 4.78 is 21.4. The molecule has 3 atom stereocenters. The smallest absolute Gasteiger partial charge is 0.469 e. The molecular weight excluding hydrogens is 435 g/mol. The van der Waals surface area contributed by atoms with E-state index in [-0.39, 0.29) is 6.42 Å². The number of phosphoric acid groups is 1. The van der Waals surface area contributed by atoms with Crippen LogP contribution in [0.2, 0.25) is 0 Å². The van der Waals surface area contributed by atoms with Crippen molar-refractivity contribution in [2.24, 2.45) is 0 Å². The molecule has 1 aliphatic rings. The minimum absolute atomic E-state index is 0.0283. The Bertz CT molecular complexity index is 862. The SMILES string of the molecule is CCCCCCCC(=O)O.Cc1cn([C@H]2C[C@H](O)[C@@H](COP(=O)(O)O)O2)c(=O)[nH]c1=O. The van der Waals surface area contributed by atoms with Crippen LogP contribution in [0, 0.1) is 6.92 Å². The van der Waals surface area contributed by atoms with Crippen LogP contribution in [-0.2, 0) is 18.6 Å². The number of carboxylic acids is 1. The molecule has 1 saturated heterocycles. The molecule has 13 heteroatoms. The Labute approximate surface area is 179 Å². The summed E-state index contributed by atoms with van der Waals surface area (Å²) in [6.07, 6.45) is 4.32. The Hall–Kier alpha value is -1.82. The van der Waals surface area contributed by atoms with Crippen molar-refractivity contribution in [3.05, 3.63) is 32.6 Å². The number of unbranched alkanes of at least 4 members (excludes halogenated alkanes) is 4. The van der Waals surface area contributed by atoms with Gasteiger partial charge in [-0.25, -0.2) is 9.36 Å². The second kappa shape index (κ2) is 12.9. The number of nitrogens with one attached hydrogen (secondary N) is 1. The average Bonchev–Trinajstić information content (AvgIpc) is 3.03. The second-order valence-corrected chi connectivity index (χ2v) is 8.49. The zero-order valence-electron chi connectivity index (χ0n) is 17.6. The molecule has 0 amide bonds. The number of aliphatic hydroxyl groups excluding tert-OH is 1. The number of carbonyl (C=O) groups is 1. The lowest BCUT2D eigenvalue weighted by atomic mass is 10.1.